The number of hydrogen-bond donors (Lipinski definition) is 1. The molecule has 0 aliphatic heterocycles. The maximum atomic E-state index is 6.05. The summed E-state index contributed by atoms with van der Waals surface area (Å²) in [4.78, 5) is 15.2. The van der Waals surface area contributed by atoms with E-state index in [4.69, 9.17) is 5.73 Å². The molecule has 0 amide bonds. The first-order chi connectivity index (χ1) is 8.58. The van der Waals surface area contributed by atoms with Gasteiger partial charge in [0.1, 0.15) is 16.3 Å². The third-order valence-electron chi connectivity index (χ3n) is 3.10. The number of nitrogens with two attached hydrogens (primary N) is 1. The molecule has 3 aromatic heterocycles. The van der Waals surface area contributed by atoms with Gasteiger partial charge < -0.3 is 10.3 Å². The molecule has 6 heteroatoms. The van der Waals surface area contributed by atoms with Gasteiger partial charge in [0, 0.05) is 11.9 Å². The van der Waals surface area contributed by atoms with Gasteiger partial charge in [-0.2, -0.15) is 0 Å². The lowest BCUT2D eigenvalue weighted by atomic mass is 10.2. The lowest BCUT2D eigenvalue weighted by molar-refractivity contribution is 0.911. The molecule has 3 heterocycles. The second kappa shape index (κ2) is 3.78. The Morgan fingerprint density at radius 1 is 1.28 bits per heavy atom. The molecule has 0 aromatic carbocycles. The molecule has 0 unspecified atom stereocenters. The van der Waals surface area contributed by atoms with Crippen LogP contribution in [-0.2, 0) is 7.05 Å². The molecule has 0 spiro atoms. The van der Waals surface area contributed by atoms with Gasteiger partial charge in [0.2, 0.25) is 0 Å². The monoisotopic (exact) mass is 259 g/mol. The van der Waals surface area contributed by atoms with E-state index in [1.807, 2.05) is 11.6 Å². The maximum absolute atomic E-state index is 6.05. The van der Waals surface area contributed by atoms with E-state index in [1.54, 1.807) is 23.9 Å². The second-order valence-corrected chi connectivity index (χ2v) is 5.49. The van der Waals surface area contributed by atoms with Gasteiger partial charge in [0.05, 0.1) is 17.9 Å². The standard InChI is InChI=1S/C12H13N5S/c1-6-7(2)18-12-9(6)10(13)15-11(16-12)8-4-14-5-17(8)3/h4-5H,1-3H3,(H2,13,15,16). The summed E-state index contributed by atoms with van der Waals surface area (Å²) >= 11 is 1.65. The van der Waals surface area contributed by atoms with E-state index in [2.05, 4.69) is 28.8 Å². The van der Waals surface area contributed by atoms with Crippen LogP contribution < -0.4 is 5.73 Å². The summed E-state index contributed by atoms with van der Waals surface area (Å²) in [5.41, 5.74) is 8.09. The molecule has 5 nitrogen and oxygen atoms in total. The highest BCUT2D eigenvalue weighted by Gasteiger charge is 2.14. The van der Waals surface area contributed by atoms with Crippen LogP contribution in [-0.4, -0.2) is 19.5 Å². The number of fused-ring (bicyclic) bond motifs is 1. The first-order valence-electron chi connectivity index (χ1n) is 5.58. The molecule has 0 aliphatic rings. The average molecular weight is 259 g/mol. The molecule has 3 aromatic rings. The number of nitrogen functional groups attached to an aromatic ring is 1. The molecule has 0 radical (unpaired) electrons. The van der Waals surface area contributed by atoms with Gasteiger partial charge in [-0.15, -0.1) is 11.3 Å². The van der Waals surface area contributed by atoms with E-state index in [9.17, 15) is 0 Å². The number of nitrogens with zero attached hydrogens (tertiary/aromatic N) is 4. The lowest BCUT2D eigenvalue weighted by Gasteiger charge is -2.03. The van der Waals surface area contributed by atoms with Crippen LogP contribution in [0.3, 0.4) is 0 Å². The van der Waals surface area contributed by atoms with Crippen molar-refractivity contribution in [2.45, 2.75) is 13.8 Å². The highest BCUT2D eigenvalue weighted by atomic mass is 32.1. The summed E-state index contributed by atoms with van der Waals surface area (Å²) < 4.78 is 1.88. The van der Waals surface area contributed by atoms with Gasteiger partial charge in [-0.25, -0.2) is 15.0 Å². The predicted octanol–water partition coefficient (Wildman–Crippen LogP) is 2.29. The van der Waals surface area contributed by atoms with Gasteiger partial charge in [0.15, 0.2) is 5.82 Å². The zero-order valence-corrected chi connectivity index (χ0v) is 11.2. The Kier molecular flexibility index (Phi) is 2.34. The van der Waals surface area contributed by atoms with Crippen LogP contribution in [0.15, 0.2) is 12.5 Å². The van der Waals surface area contributed by atoms with Crippen LogP contribution in [0.2, 0.25) is 0 Å². The van der Waals surface area contributed by atoms with E-state index in [1.165, 1.54) is 10.4 Å². The quantitative estimate of drug-likeness (QED) is 0.728. The molecule has 2 N–H and O–H groups in total. The Bertz CT molecular complexity index is 740. The van der Waals surface area contributed by atoms with Crippen molar-refractivity contribution in [3.05, 3.63) is 23.0 Å². The third kappa shape index (κ3) is 1.49. The summed E-state index contributed by atoms with van der Waals surface area (Å²) in [7, 11) is 1.91. The van der Waals surface area contributed by atoms with E-state index in [-0.39, 0.29) is 0 Å². The second-order valence-electron chi connectivity index (χ2n) is 4.29. The fourth-order valence-corrected chi connectivity index (χ4v) is 3.00. The van der Waals surface area contributed by atoms with Crippen molar-refractivity contribution in [3.63, 3.8) is 0 Å². The summed E-state index contributed by atoms with van der Waals surface area (Å²) in [6, 6.07) is 0. The SMILES string of the molecule is Cc1sc2nc(-c3cncn3C)nc(N)c2c1C. The normalized spacial score (nSPS) is 11.3. The first-order valence-corrected chi connectivity index (χ1v) is 6.39. The zero-order chi connectivity index (χ0) is 12.9. The van der Waals surface area contributed by atoms with Crippen molar-refractivity contribution in [2.75, 3.05) is 5.73 Å². The largest absolute Gasteiger partial charge is 0.383 e. The minimum Gasteiger partial charge on any atom is -0.383 e. The van der Waals surface area contributed by atoms with E-state index in [0.717, 1.165) is 15.9 Å². The number of thiophene rings is 1. The first kappa shape index (κ1) is 11.2. The van der Waals surface area contributed by atoms with Crippen molar-refractivity contribution >= 4 is 27.4 Å². The molecule has 0 saturated carbocycles. The Labute approximate surface area is 108 Å². The van der Waals surface area contributed by atoms with Crippen molar-refractivity contribution in [3.8, 4) is 11.5 Å². The van der Waals surface area contributed by atoms with E-state index < -0.39 is 0 Å². The van der Waals surface area contributed by atoms with Crippen LogP contribution in [0.4, 0.5) is 5.82 Å². The van der Waals surface area contributed by atoms with Crippen LogP contribution >= 0.6 is 11.3 Å². The minimum atomic E-state index is 0.540. The van der Waals surface area contributed by atoms with Crippen molar-refractivity contribution < 1.29 is 0 Å². The summed E-state index contributed by atoms with van der Waals surface area (Å²) in [5.74, 6) is 1.17. The molecule has 3 rings (SSSR count). The molecule has 18 heavy (non-hydrogen) atoms. The Hall–Kier alpha value is -1.95. The molecular formula is C12H13N5S. The fraction of sp³-hybridized carbons (Fsp3) is 0.250. The lowest BCUT2D eigenvalue weighted by Crippen LogP contribution is -1.99. The van der Waals surface area contributed by atoms with Crippen LogP contribution in [0.5, 0.6) is 0 Å². The third-order valence-corrected chi connectivity index (χ3v) is 4.20. The molecule has 0 saturated heterocycles. The summed E-state index contributed by atoms with van der Waals surface area (Å²) in [6.07, 6.45) is 3.47. The van der Waals surface area contributed by atoms with Crippen LogP contribution in [0, 0.1) is 13.8 Å². The number of imidazole rings is 1. The predicted molar refractivity (Wildman–Crippen MR) is 73.5 cm³/mol. The topological polar surface area (TPSA) is 69.6 Å². The highest BCUT2D eigenvalue weighted by Crippen LogP contribution is 2.33. The maximum Gasteiger partial charge on any atom is 0.181 e. The fourth-order valence-electron chi connectivity index (χ4n) is 1.97. The highest BCUT2D eigenvalue weighted by molar-refractivity contribution is 7.18. The number of aryl methyl sites for hydroxylation is 3. The van der Waals surface area contributed by atoms with Crippen LogP contribution in [0.1, 0.15) is 10.4 Å². The van der Waals surface area contributed by atoms with Crippen molar-refractivity contribution in [1.82, 2.24) is 19.5 Å². The van der Waals surface area contributed by atoms with Gasteiger partial charge in [0.25, 0.3) is 0 Å². The average Bonchev–Trinajstić information content (AvgIpc) is 2.84. The molecule has 0 fully saturated rings. The Morgan fingerprint density at radius 3 is 2.72 bits per heavy atom. The molecule has 0 aliphatic carbocycles. The van der Waals surface area contributed by atoms with Gasteiger partial charge in [-0.05, 0) is 19.4 Å². The molecule has 0 bridgehead atoms. The summed E-state index contributed by atoms with van der Waals surface area (Å²) in [5, 5.41) is 0.975. The minimum absolute atomic E-state index is 0.540. The molecule has 92 valence electrons. The van der Waals surface area contributed by atoms with Gasteiger partial charge in [-0.3, -0.25) is 0 Å². The van der Waals surface area contributed by atoms with Crippen molar-refractivity contribution in [1.29, 1.82) is 0 Å². The summed E-state index contributed by atoms with van der Waals surface area (Å²) in [6.45, 7) is 4.13. The van der Waals surface area contributed by atoms with E-state index >= 15 is 0 Å². The Morgan fingerprint density at radius 2 is 2.06 bits per heavy atom. The van der Waals surface area contributed by atoms with Gasteiger partial charge in [-0.1, -0.05) is 0 Å². The number of aromatic nitrogens is 4. The zero-order valence-electron chi connectivity index (χ0n) is 10.4. The van der Waals surface area contributed by atoms with E-state index in [0.29, 0.717) is 11.6 Å². The molecular weight excluding hydrogens is 246 g/mol. The Balaban J connectivity index is 2.31. The van der Waals surface area contributed by atoms with Crippen LogP contribution in [0.25, 0.3) is 21.7 Å². The van der Waals surface area contributed by atoms with Crippen molar-refractivity contribution in [2.24, 2.45) is 7.05 Å². The number of anilines is 1. The number of rotatable bonds is 1. The van der Waals surface area contributed by atoms with Gasteiger partial charge >= 0.3 is 0 Å². The number of hydrogen-bond acceptors (Lipinski definition) is 5. The smallest absolute Gasteiger partial charge is 0.181 e. The molecule has 0 atom stereocenters.